The quantitative estimate of drug-likeness (QED) is 0.367. The molecule has 1 aromatic carbocycles. The van der Waals surface area contributed by atoms with Crippen molar-refractivity contribution in [3.8, 4) is 17.3 Å². The predicted octanol–water partition coefficient (Wildman–Crippen LogP) is 3.21. The van der Waals surface area contributed by atoms with Crippen molar-refractivity contribution in [2.45, 2.75) is 38.8 Å². The maximum absolute atomic E-state index is 12.8. The molecule has 0 atom stereocenters. The smallest absolute Gasteiger partial charge is 0.328 e. The van der Waals surface area contributed by atoms with Crippen molar-refractivity contribution in [2.75, 3.05) is 38.6 Å². The molecule has 0 aliphatic carbocycles. The van der Waals surface area contributed by atoms with Crippen molar-refractivity contribution >= 4 is 17.0 Å². The zero-order chi connectivity index (χ0) is 25.9. The minimum absolute atomic E-state index is 0.184. The van der Waals surface area contributed by atoms with Crippen LogP contribution in [0.25, 0.3) is 22.4 Å². The highest BCUT2D eigenvalue weighted by Gasteiger charge is 2.18. The van der Waals surface area contributed by atoms with E-state index in [2.05, 4.69) is 37.0 Å². The Hall–Kier alpha value is -3.76. The van der Waals surface area contributed by atoms with Gasteiger partial charge < -0.3 is 20.2 Å². The van der Waals surface area contributed by atoms with E-state index in [-0.39, 0.29) is 17.5 Å². The van der Waals surface area contributed by atoms with Crippen LogP contribution in [0.2, 0.25) is 0 Å². The molecule has 0 spiro atoms. The summed E-state index contributed by atoms with van der Waals surface area (Å²) < 4.78 is 12.8. The van der Waals surface area contributed by atoms with E-state index in [4.69, 9.17) is 15.2 Å². The number of imidazole rings is 1. The molecule has 0 radical (unpaired) electrons. The van der Waals surface area contributed by atoms with Crippen molar-refractivity contribution in [3.63, 3.8) is 0 Å². The highest BCUT2D eigenvalue weighted by atomic mass is 16.5. The van der Waals surface area contributed by atoms with Crippen molar-refractivity contribution in [3.05, 3.63) is 64.2 Å². The van der Waals surface area contributed by atoms with Gasteiger partial charge in [0.05, 0.1) is 18.8 Å². The Balaban J connectivity index is 1.16. The van der Waals surface area contributed by atoms with Crippen molar-refractivity contribution in [1.29, 1.82) is 0 Å². The highest BCUT2D eigenvalue weighted by molar-refractivity contribution is 5.82. The zero-order valence-corrected chi connectivity index (χ0v) is 21.4. The Morgan fingerprint density at radius 2 is 1.76 bits per heavy atom. The molecule has 2 aliphatic heterocycles. The summed E-state index contributed by atoms with van der Waals surface area (Å²) in [4.78, 5) is 31.5. The number of aromatic nitrogens is 5. The number of nitrogens with one attached hydrogen (secondary N) is 1. The first-order valence-corrected chi connectivity index (χ1v) is 13.4. The fourth-order valence-corrected chi connectivity index (χ4v) is 5.20. The van der Waals surface area contributed by atoms with E-state index in [9.17, 15) is 4.79 Å². The molecule has 0 saturated carbocycles. The largest absolute Gasteiger partial charge is 0.463 e. The number of pyridine rings is 1. The van der Waals surface area contributed by atoms with E-state index >= 15 is 0 Å². The Labute approximate surface area is 220 Å². The number of nitrogens with two attached hydrogens (primary N) is 1. The monoisotopic (exact) mass is 515 g/mol. The van der Waals surface area contributed by atoms with Gasteiger partial charge in [0, 0.05) is 31.5 Å². The van der Waals surface area contributed by atoms with Gasteiger partial charge in [0.1, 0.15) is 5.52 Å². The molecule has 10 nitrogen and oxygen atoms in total. The first kappa shape index (κ1) is 24.6. The summed E-state index contributed by atoms with van der Waals surface area (Å²) in [5.41, 5.74) is 10.9. The van der Waals surface area contributed by atoms with E-state index in [1.54, 1.807) is 4.57 Å². The molecule has 5 heterocycles. The number of aromatic amines is 1. The minimum Gasteiger partial charge on any atom is -0.463 e. The van der Waals surface area contributed by atoms with Gasteiger partial charge in [-0.15, -0.1) is 0 Å². The second-order valence-corrected chi connectivity index (χ2v) is 10.2. The maximum Gasteiger partial charge on any atom is 0.328 e. The molecule has 0 unspecified atom stereocenters. The number of hydrogen-bond donors (Lipinski definition) is 2. The average Bonchev–Trinajstić information content (AvgIpc) is 3.57. The predicted molar refractivity (Wildman–Crippen MR) is 145 cm³/mol. The number of nitrogen functional groups attached to an aromatic ring is 1. The molecule has 2 aliphatic rings. The molecule has 2 saturated heterocycles. The van der Waals surface area contributed by atoms with Crippen LogP contribution < -0.4 is 16.2 Å². The van der Waals surface area contributed by atoms with Gasteiger partial charge in [0.2, 0.25) is 0 Å². The molecule has 0 bridgehead atoms. The van der Waals surface area contributed by atoms with Gasteiger partial charge in [-0.3, -0.25) is 14.5 Å². The number of nitrogens with zero attached hydrogens (tertiary/aromatic N) is 5. The third kappa shape index (κ3) is 5.41. The van der Waals surface area contributed by atoms with E-state index in [0.29, 0.717) is 30.2 Å². The molecule has 10 heteroatoms. The minimum atomic E-state index is -0.290. The van der Waals surface area contributed by atoms with E-state index in [0.717, 1.165) is 49.4 Å². The van der Waals surface area contributed by atoms with Crippen molar-refractivity contribution in [1.82, 2.24) is 29.4 Å². The van der Waals surface area contributed by atoms with Crippen LogP contribution in [0.4, 0.5) is 5.82 Å². The summed E-state index contributed by atoms with van der Waals surface area (Å²) in [6, 6.07) is 12.5. The normalized spacial score (nSPS) is 16.8. The van der Waals surface area contributed by atoms with Gasteiger partial charge in [-0.05, 0) is 61.9 Å². The highest BCUT2D eigenvalue weighted by Crippen LogP contribution is 2.23. The first-order valence-electron chi connectivity index (χ1n) is 13.4. The lowest BCUT2D eigenvalue weighted by Gasteiger charge is -2.21. The lowest BCUT2D eigenvalue weighted by atomic mass is 10.0. The third-order valence-electron chi connectivity index (χ3n) is 7.44. The second kappa shape index (κ2) is 10.9. The summed E-state index contributed by atoms with van der Waals surface area (Å²) >= 11 is 0. The fourth-order valence-electron chi connectivity index (χ4n) is 5.20. The molecule has 3 aromatic heterocycles. The van der Waals surface area contributed by atoms with Gasteiger partial charge in [0.15, 0.2) is 11.5 Å². The molecule has 2 fully saturated rings. The van der Waals surface area contributed by atoms with Crippen molar-refractivity contribution < 1.29 is 9.47 Å². The summed E-state index contributed by atoms with van der Waals surface area (Å²) in [6.07, 6.45) is 6.43. The number of fused-ring (bicyclic) bond motifs is 1. The summed E-state index contributed by atoms with van der Waals surface area (Å²) in [6.45, 7) is 5.63. The molecule has 0 amide bonds. The van der Waals surface area contributed by atoms with Gasteiger partial charge in [-0.2, -0.15) is 9.97 Å². The lowest BCUT2D eigenvalue weighted by Crippen LogP contribution is -2.22. The lowest BCUT2D eigenvalue weighted by molar-refractivity contribution is 0.0483. The maximum atomic E-state index is 12.8. The summed E-state index contributed by atoms with van der Waals surface area (Å²) in [7, 11) is 0. The van der Waals surface area contributed by atoms with Crippen LogP contribution in [0.15, 0.2) is 47.4 Å². The number of hydrogen-bond acceptors (Lipinski definition) is 8. The topological polar surface area (TPSA) is 124 Å². The molecular formula is C28H33N7O3. The molecule has 6 rings (SSSR count). The van der Waals surface area contributed by atoms with E-state index < -0.39 is 0 Å². The van der Waals surface area contributed by atoms with Crippen LogP contribution in [0.1, 0.15) is 36.8 Å². The average molecular weight is 516 g/mol. The van der Waals surface area contributed by atoms with Gasteiger partial charge >= 0.3 is 11.7 Å². The number of ether oxygens (including phenoxy) is 2. The molecule has 4 aromatic rings. The summed E-state index contributed by atoms with van der Waals surface area (Å²) in [5.74, 6) is 0.592. The number of H-pyrrole nitrogens is 1. The number of rotatable bonds is 8. The summed E-state index contributed by atoms with van der Waals surface area (Å²) in [5, 5.41) is 0. The van der Waals surface area contributed by atoms with Crippen LogP contribution in [-0.2, 0) is 17.8 Å². The van der Waals surface area contributed by atoms with E-state index in [1.807, 2.05) is 30.5 Å². The molecule has 198 valence electrons. The Kier molecular flexibility index (Phi) is 7.06. The van der Waals surface area contributed by atoms with Crippen molar-refractivity contribution in [2.24, 2.45) is 5.92 Å². The molecular weight excluding hydrogens is 482 g/mol. The third-order valence-corrected chi connectivity index (χ3v) is 7.44. The van der Waals surface area contributed by atoms with Gasteiger partial charge in [0.25, 0.3) is 0 Å². The SMILES string of the molecule is Nc1nc(OCC2CCOCC2)nc2c1[nH]c(=O)n2Cc1ccc(-c2ccc(CN3CCCC3)cn2)cc1. The van der Waals surface area contributed by atoms with Crippen LogP contribution in [0.5, 0.6) is 6.01 Å². The number of likely N-dealkylation sites (tertiary alicyclic amines) is 1. The fraction of sp³-hybridized carbons (Fsp3) is 0.429. The van der Waals surface area contributed by atoms with Crippen LogP contribution >= 0.6 is 0 Å². The first-order chi connectivity index (χ1) is 18.6. The second-order valence-electron chi connectivity index (χ2n) is 10.2. The molecule has 3 N–H and O–H groups in total. The van der Waals surface area contributed by atoms with E-state index in [1.165, 1.54) is 31.5 Å². The van der Waals surface area contributed by atoms with Gasteiger partial charge in [-0.25, -0.2) is 4.79 Å². The van der Waals surface area contributed by atoms with Crippen LogP contribution in [0.3, 0.4) is 0 Å². The Morgan fingerprint density at radius 1 is 1.00 bits per heavy atom. The molecule has 38 heavy (non-hydrogen) atoms. The number of anilines is 1. The zero-order valence-electron chi connectivity index (χ0n) is 21.4. The Morgan fingerprint density at radius 3 is 2.50 bits per heavy atom. The van der Waals surface area contributed by atoms with Gasteiger partial charge in [-0.1, -0.05) is 30.3 Å². The number of benzene rings is 1. The standard InChI is InChI=1S/C28H33N7O3/c29-25-24-26(33-27(32-25)38-18-20-9-13-37-14-10-20)35(28(36)31-24)17-19-3-6-22(7-4-19)23-8-5-21(15-30-23)16-34-11-1-2-12-34/h3-8,15,20H,1-2,9-14,16-18H2,(H,31,36)(H2,29,32,33). The Bertz CT molecular complexity index is 1430. The van der Waals surface area contributed by atoms with Crippen LogP contribution in [0, 0.1) is 5.92 Å². The van der Waals surface area contributed by atoms with Crippen LogP contribution in [-0.4, -0.2) is 62.3 Å².